The van der Waals surface area contributed by atoms with Gasteiger partial charge in [0.2, 0.25) is 0 Å². The van der Waals surface area contributed by atoms with Crippen LogP contribution in [-0.2, 0) is 37.9 Å². The van der Waals surface area contributed by atoms with E-state index in [-0.39, 0.29) is 48.2 Å². The van der Waals surface area contributed by atoms with Crippen molar-refractivity contribution >= 4 is 0 Å². The minimum absolute atomic E-state index is 0.116. The van der Waals surface area contributed by atoms with Crippen molar-refractivity contribution in [3.8, 4) is 0 Å². The fraction of sp³-hybridized carbons (Fsp3) is 0.962. The number of aliphatic hydroxyl groups excluding tert-OH is 11. The molecule has 4 saturated carbocycles. The molecule has 8 rings (SSSR count). The summed E-state index contributed by atoms with van der Waals surface area (Å²) in [6.07, 6.45) is -19.3. The van der Waals surface area contributed by atoms with E-state index in [2.05, 4.69) is 34.6 Å². The molecule has 8 aliphatic rings. The molecule has 0 radical (unpaired) electrons. The summed E-state index contributed by atoms with van der Waals surface area (Å²) >= 11 is 0. The SMILES string of the molecule is CC(C)=CCCC(O)(COC1OC(CO)C(O)C(O)C1O)C1(O)CCC2(C)C1CCC1C3(C)CCC(OC4OCC(O)C(OC5OCC(O)C(O)C5O)C4OC4OC(C)C(O)C(O)C4O)C(C)(C)C3CCC12C. The lowest BCUT2D eigenvalue weighted by atomic mass is 9.35. The summed E-state index contributed by atoms with van der Waals surface area (Å²) in [4.78, 5) is 0. The molecular weight excluding hydrogens is 961 g/mol. The van der Waals surface area contributed by atoms with Gasteiger partial charge in [-0.15, -0.1) is 0 Å². The average molecular weight is 1050 g/mol. The van der Waals surface area contributed by atoms with Crippen LogP contribution in [0.1, 0.15) is 120 Å². The highest BCUT2D eigenvalue weighted by Crippen LogP contribution is 2.76. The molecule has 0 aromatic carbocycles. The Bertz CT molecular complexity index is 1910. The summed E-state index contributed by atoms with van der Waals surface area (Å²) in [5.41, 5.74) is -3.84. The van der Waals surface area contributed by atoms with Crippen LogP contribution in [0.2, 0.25) is 0 Å². The van der Waals surface area contributed by atoms with Gasteiger partial charge in [-0.25, -0.2) is 0 Å². The van der Waals surface area contributed by atoms with Crippen molar-refractivity contribution in [2.75, 3.05) is 26.4 Å². The van der Waals surface area contributed by atoms with Crippen LogP contribution in [0.15, 0.2) is 11.6 Å². The van der Waals surface area contributed by atoms with E-state index in [1.165, 1.54) is 6.92 Å². The maximum Gasteiger partial charge on any atom is 0.187 e. The lowest BCUT2D eigenvalue weighted by Crippen LogP contribution is -2.68. The number of aliphatic hydroxyl groups is 13. The molecule has 0 bridgehead atoms. The van der Waals surface area contributed by atoms with E-state index in [1.54, 1.807) is 0 Å². The summed E-state index contributed by atoms with van der Waals surface area (Å²) in [6, 6.07) is 0. The second-order valence-corrected chi connectivity index (χ2v) is 24.8. The van der Waals surface area contributed by atoms with Crippen LogP contribution in [0.3, 0.4) is 0 Å². The van der Waals surface area contributed by atoms with Crippen molar-refractivity contribution in [3.05, 3.63) is 11.6 Å². The molecule has 27 atom stereocenters. The first-order chi connectivity index (χ1) is 34.1. The van der Waals surface area contributed by atoms with Crippen molar-refractivity contribution in [1.82, 2.24) is 0 Å². The number of ether oxygens (including phenoxy) is 8. The van der Waals surface area contributed by atoms with Crippen LogP contribution >= 0.6 is 0 Å². The molecule has 0 aromatic heterocycles. The van der Waals surface area contributed by atoms with Gasteiger partial charge in [-0.2, -0.15) is 0 Å². The Balaban J connectivity index is 1.02. The summed E-state index contributed by atoms with van der Waals surface area (Å²) in [5, 5.41) is 143. The minimum Gasteiger partial charge on any atom is -0.394 e. The first kappa shape index (κ1) is 58.1. The second kappa shape index (κ2) is 21.5. The lowest BCUT2D eigenvalue weighted by Gasteiger charge is -2.70. The molecule has 4 aliphatic carbocycles. The highest BCUT2D eigenvalue weighted by molar-refractivity contribution is 5.23. The molecule has 4 heterocycles. The van der Waals surface area contributed by atoms with Gasteiger partial charge in [0.1, 0.15) is 85.0 Å². The maximum absolute atomic E-state index is 13.2. The van der Waals surface area contributed by atoms with Gasteiger partial charge in [-0.05, 0) is 124 Å². The van der Waals surface area contributed by atoms with E-state index in [1.807, 2.05) is 19.9 Å². The summed E-state index contributed by atoms with van der Waals surface area (Å²) in [6.45, 7) is 15.0. The molecule has 21 nitrogen and oxygen atoms in total. The predicted molar refractivity (Wildman–Crippen MR) is 254 cm³/mol. The average Bonchev–Trinajstić information content (AvgIpc) is 3.63. The fourth-order valence-electron chi connectivity index (χ4n) is 15.7. The molecule has 4 aliphatic heterocycles. The van der Waals surface area contributed by atoms with Crippen molar-refractivity contribution in [2.24, 2.45) is 39.4 Å². The summed E-state index contributed by atoms with van der Waals surface area (Å²) in [7, 11) is 0. The highest BCUT2D eigenvalue weighted by Gasteiger charge is 2.74. The molecule has 4 saturated heterocycles. The third-order valence-electron chi connectivity index (χ3n) is 20.2. The van der Waals surface area contributed by atoms with Gasteiger partial charge in [-0.3, -0.25) is 0 Å². The van der Waals surface area contributed by atoms with Gasteiger partial charge >= 0.3 is 0 Å². The van der Waals surface area contributed by atoms with Crippen LogP contribution in [0, 0.1) is 39.4 Å². The molecule has 27 unspecified atom stereocenters. The number of allylic oxidation sites excluding steroid dienone is 2. The fourth-order valence-corrected chi connectivity index (χ4v) is 15.7. The molecule has 0 spiro atoms. The smallest absolute Gasteiger partial charge is 0.187 e. The van der Waals surface area contributed by atoms with E-state index >= 15 is 0 Å². The van der Waals surface area contributed by atoms with Crippen LogP contribution in [0.25, 0.3) is 0 Å². The Labute approximate surface area is 428 Å². The third kappa shape index (κ3) is 9.95. The predicted octanol–water partition coefficient (Wildman–Crippen LogP) is -0.780. The van der Waals surface area contributed by atoms with Crippen molar-refractivity contribution < 1.29 is 104 Å². The topological polar surface area (TPSA) is 337 Å². The molecule has 21 heteroatoms. The van der Waals surface area contributed by atoms with Crippen LogP contribution in [0.5, 0.6) is 0 Å². The minimum atomic E-state index is -1.82. The summed E-state index contributed by atoms with van der Waals surface area (Å²) < 4.78 is 48.8. The molecule has 8 fully saturated rings. The molecule has 0 amide bonds. The third-order valence-corrected chi connectivity index (χ3v) is 20.2. The maximum atomic E-state index is 13.2. The molecule has 0 aromatic rings. The van der Waals surface area contributed by atoms with Gasteiger partial charge < -0.3 is 104 Å². The van der Waals surface area contributed by atoms with Gasteiger partial charge in [0.15, 0.2) is 25.2 Å². The molecule has 13 N–H and O–H groups in total. The Morgan fingerprint density at radius 2 is 1.21 bits per heavy atom. The Morgan fingerprint density at radius 3 is 1.89 bits per heavy atom. The number of fused-ring (bicyclic) bond motifs is 5. The van der Waals surface area contributed by atoms with E-state index in [4.69, 9.17) is 37.9 Å². The second-order valence-electron chi connectivity index (χ2n) is 24.8. The van der Waals surface area contributed by atoms with Crippen molar-refractivity contribution in [3.63, 3.8) is 0 Å². The number of hydrogen-bond donors (Lipinski definition) is 13. The molecular formula is C52H88O21. The van der Waals surface area contributed by atoms with Crippen LogP contribution in [0.4, 0.5) is 0 Å². The van der Waals surface area contributed by atoms with Gasteiger partial charge in [0.25, 0.3) is 0 Å². The Kier molecular flexibility index (Phi) is 17.1. The highest BCUT2D eigenvalue weighted by atomic mass is 16.8. The zero-order valence-electron chi connectivity index (χ0n) is 43.8. The Morgan fingerprint density at radius 1 is 0.603 bits per heavy atom. The normalized spacial score (nSPS) is 52.8. The van der Waals surface area contributed by atoms with Crippen LogP contribution in [-0.4, -0.2) is 221 Å². The van der Waals surface area contributed by atoms with E-state index in [0.29, 0.717) is 32.1 Å². The monoisotopic (exact) mass is 1050 g/mol. The van der Waals surface area contributed by atoms with Gasteiger partial charge in [0, 0.05) is 0 Å². The van der Waals surface area contributed by atoms with Gasteiger partial charge in [0.05, 0.1) is 44.2 Å². The van der Waals surface area contributed by atoms with Crippen molar-refractivity contribution in [2.45, 2.75) is 248 Å². The standard InChI is InChI=1S/C52H88O21/c1-24(2)10-9-15-51(64,23-68-44-39(62)37(60)35(58)28(20-53)70-44)52(65)19-18-50(8)31(52)12-11-30-48(6)16-14-32(47(4,5)29(48)13-17-49(30,50)7)71-46-42(73-45-40(63)36(59)33(56)25(3)69-45)41(27(55)22-67-46)72-43-38(61)34(57)26(54)21-66-43/h10,25-46,53-65H,9,11-23H2,1-8H3. The van der Waals surface area contributed by atoms with Gasteiger partial charge in [-0.1, -0.05) is 46.3 Å². The quantitative estimate of drug-likeness (QED) is 0.0750. The zero-order chi connectivity index (χ0) is 53.5. The van der Waals surface area contributed by atoms with Crippen molar-refractivity contribution in [1.29, 1.82) is 0 Å². The lowest BCUT2D eigenvalue weighted by molar-refractivity contribution is -0.384. The van der Waals surface area contributed by atoms with E-state index in [9.17, 15) is 66.4 Å². The summed E-state index contributed by atoms with van der Waals surface area (Å²) in [5.74, 6) is -0.0285. The first-order valence-electron chi connectivity index (χ1n) is 26.7. The molecule has 422 valence electrons. The van der Waals surface area contributed by atoms with Crippen LogP contribution < -0.4 is 0 Å². The Hall–Kier alpha value is -1.10. The number of hydrogen-bond acceptors (Lipinski definition) is 21. The largest absolute Gasteiger partial charge is 0.394 e. The molecule has 73 heavy (non-hydrogen) atoms. The first-order valence-corrected chi connectivity index (χ1v) is 26.7. The zero-order valence-corrected chi connectivity index (χ0v) is 43.8. The van der Waals surface area contributed by atoms with E-state index in [0.717, 1.165) is 31.3 Å². The van der Waals surface area contributed by atoms with E-state index < -0.39 is 152 Å². The number of rotatable bonds is 14.